The predicted octanol–water partition coefficient (Wildman–Crippen LogP) is 1.71. The van der Waals surface area contributed by atoms with E-state index in [0.717, 1.165) is 12.8 Å². The van der Waals surface area contributed by atoms with E-state index >= 15 is 0 Å². The van der Waals surface area contributed by atoms with E-state index in [4.69, 9.17) is 4.74 Å². The molecule has 2 aliphatic heterocycles. The SMILES string of the molecule is CC(C)C1NC(=O)CC(C)N(CC2CCC(C)(C)O2)C1=O. The Hall–Kier alpha value is -1.10. The number of hydrogen-bond acceptors (Lipinski definition) is 3. The van der Waals surface area contributed by atoms with Crippen LogP contribution in [0, 0.1) is 5.92 Å². The van der Waals surface area contributed by atoms with Crippen LogP contribution >= 0.6 is 0 Å². The summed E-state index contributed by atoms with van der Waals surface area (Å²) in [5.41, 5.74) is -0.103. The van der Waals surface area contributed by atoms with Gasteiger partial charge in [0, 0.05) is 19.0 Å². The fourth-order valence-corrected chi connectivity index (χ4v) is 3.22. The Morgan fingerprint density at radius 1 is 1.38 bits per heavy atom. The van der Waals surface area contributed by atoms with Gasteiger partial charge in [0.15, 0.2) is 0 Å². The van der Waals surface area contributed by atoms with Crippen LogP contribution in [0.3, 0.4) is 0 Å². The Balaban J connectivity index is 2.11. The van der Waals surface area contributed by atoms with Crippen molar-refractivity contribution in [3.05, 3.63) is 0 Å². The summed E-state index contributed by atoms with van der Waals surface area (Å²) >= 11 is 0. The maximum atomic E-state index is 12.7. The fraction of sp³-hybridized carbons (Fsp3) is 0.875. The molecule has 3 unspecified atom stereocenters. The molecule has 5 nitrogen and oxygen atoms in total. The number of hydrogen-bond donors (Lipinski definition) is 1. The number of carbonyl (C=O) groups excluding carboxylic acids is 2. The van der Waals surface area contributed by atoms with E-state index in [9.17, 15) is 9.59 Å². The quantitative estimate of drug-likeness (QED) is 0.862. The molecule has 0 radical (unpaired) electrons. The van der Waals surface area contributed by atoms with Crippen LogP contribution in [0.4, 0.5) is 0 Å². The van der Waals surface area contributed by atoms with E-state index in [-0.39, 0.29) is 35.5 Å². The highest BCUT2D eigenvalue weighted by atomic mass is 16.5. The zero-order valence-corrected chi connectivity index (χ0v) is 13.8. The molecule has 120 valence electrons. The van der Waals surface area contributed by atoms with Crippen molar-refractivity contribution in [2.75, 3.05) is 6.54 Å². The number of carbonyl (C=O) groups is 2. The topological polar surface area (TPSA) is 58.6 Å². The van der Waals surface area contributed by atoms with Crippen LogP contribution < -0.4 is 5.32 Å². The van der Waals surface area contributed by atoms with Crippen LogP contribution in [0.15, 0.2) is 0 Å². The van der Waals surface area contributed by atoms with Crippen LogP contribution in [-0.4, -0.2) is 47.0 Å². The molecule has 5 heteroatoms. The van der Waals surface area contributed by atoms with Crippen molar-refractivity contribution in [2.24, 2.45) is 5.92 Å². The zero-order chi connectivity index (χ0) is 15.8. The number of amides is 2. The van der Waals surface area contributed by atoms with Gasteiger partial charge in [-0.1, -0.05) is 13.8 Å². The molecular weight excluding hydrogens is 268 g/mol. The molecule has 0 aromatic carbocycles. The van der Waals surface area contributed by atoms with Crippen molar-refractivity contribution in [2.45, 2.75) is 77.7 Å². The highest BCUT2D eigenvalue weighted by molar-refractivity contribution is 5.90. The van der Waals surface area contributed by atoms with Crippen molar-refractivity contribution in [1.82, 2.24) is 10.2 Å². The standard InChI is InChI=1S/C16H28N2O3/c1-10(2)14-15(20)18(11(3)8-13(19)17-14)9-12-6-7-16(4,5)21-12/h10-12,14H,6-9H2,1-5H3,(H,17,19). The molecule has 2 fully saturated rings. The zero-order valence-electron chi connectivity index (χ0n) is 13.8. The highest BCUT2D eigenvalue weighted by Crippen LogP contribution is 2.30. The molecule has 2 saturated heterocycles. The molecule has 0 saturated carbocycles. The lowest BCUT2D eigenvalue weighted by Gasteiger charge is -2.32. The second kappa shape index (κ2) is 5.95. The maximum Gasteiger partial charge on any atom is 0.245 e. The maximum absolute atomic E-state index is 12.7. The normalized spacial score (nSPS) is 33.2. The first kappa shape index (κ1) is 16.3. The van der Waals surface area contributed by atoms with E-state index in [2.05, 4.69) is 19.2 Å². The Kier molecular flexibility index (Phi) is 4.61. The fourth-order valence-electron chi connectivity index (χ4n) is 3.22. The Morgan fingerprint density at radius 2 is 2.05 bits per heavy atom. The smallest absolute Gasteiger partial charge is 0.245 e. The van der Waals surface area contributed by atoms with Gasteiger partial charge in [0.2, 0.25) is 11.8 Å². The van der Waals surface area contributed by atoms with Crippen molar-refractivity contribution in [3.8, 4) is 0 Å². The van der Waals surface area contributed by atoms with Gasteiger partial charge in [0.05, 0.1) is 11.7 Å². The summed E-state index contributed by atoms with van der Waals surface area (Å²) in [6.07, 6.45) is 2.42. The number of rotatable bonds is 3. The average molecular weight is 296 g/mol. The van der Waals surface area contributed by atoms with Crippen molar-refractivity contribution < 1.29 is 14.3 Å². The molecule has 2 amide bonds. The molecular formula is C16H28N2O3. The van der Waals surface area contributed by atoms with E-state index in [1.54, 1.807) is 0 Å². The lowest BCUT2D eigenvalue weighted by molar-refractivity contribution is -0.138. The van der Waals surface area contributed by atoms with Crippen LogP contribution in [0.25, 0.3) is 0 Å². The second-order valence-corrected chi connectivity index (χ2v) is 7.37. The summed E-state index contributed by atoms with van der Waals surface area (Å²) in [4.78, 5) is 26.5. The number of ether oxygens (including phenoxy) is 1. The van der Waals surface area contributed by atoms with Gasteiger partial charge in [-0.2, -0.15) is 0 Å². The minimum absolute atomic E-state index is 0.0247. The monoisotopic (exact) mass is 296 g/mol. The number of nitrogens with one attached hydrogen (secondary N) is 1. The van der Waals surface area contributed by atoms with Crippen LogP contribution in [0.1, 0.15) is 53.9 Å². The molecule has 0 aliphatic carbocycles. The first-order valence-electron chi connectivity index (χ1n) is 7.97. The van der Waals surface area contributed by atoms with Gasteiger partial charge >= 0.3 is 0 Å². The first-order valence-corrected chi connectivity index (χ1v) is 7.97. The minimum atomic E-state index is -0.420. The third-order valence-corrected chi connectivity index (χ3v) is 4.50. The average Bonchev–Trinajstić information content (AvgIpc) is 2.66. The molecule has 1 N–H and O–H groups in total. The Labute approximate surface area is 127 Å². The highest BCUT2D eigenvalue weighted by Gasteiger charge is 2.39. The molecule has 0 spiro atoms. The van der Waals surface area contributed by atoms with Crippen molar-refractivity contribution >= 4 is 11.8 Å². The molecule has 0 bridgehead atoms. The molecule has 2 rings (SSSR count). The van der Waals surface area contributed by atoms with E-state index < -0.39 is 6.04 Å². The van der Waals surface area contributed by atoms with Gasteiger partial charge in [0.25, 0.3) is 0 Å². The van der Waals surface area contributed by atoms with Gasteiger partial charge in [-0.25, -0.2) is 0 Å². The third-order valence-electron chi connectivity index (χ3n) is 4.50. The van der Waals surface area contributed by atoms with Gasteiger partial charge in [-0.05, 0) is 39.5 Å². The van der Waals surface area contributed by atoms with Crippen LogP contribution in [0.5, 0.6) is 0 Å². The second-order valence-electron chi connectivity index (χ2n) is 7.37. The summed E-state index contributed by atoms with van der Waals surface area (Å²) in [6.45, 7) is 10.6. The minimum Gasteiger partial charge on any atom is -0.371 e. The molecule has 3 atom stereocenters. The molecule has 21 heavy (non-hydrogen) atoms. The van der Waals surface area contributed by atoms with Crippen molar-refractivity contribution in [1.29, 1.82) is 0 Å². The lowest BCUT2D eigenvalue weighted by atomic mass is 10.0. The summed E-state index contributed by atoms with van der Waals surface area (Å²) in [5.74, 6) is 0.0802. The van der Waals surface area contributed by atoms with Gasteiger partial charge in [-0.3, -0.25) is 9.59 Å². The Bertz CT molecular complexity index is 420. The Morgan fingerprint density at radius 3 is 2.57 bits per heavy atom. The molecule has 0 aromatic heterocycles. The van der Waals surface area contributed by atoms with E-state index in [1.165, 1.54) is 0 Å². The van der Waals surface area contributed by atoms with Gasteiger partial charge in [-0.15, -0.1) is 0 Å². The third kappa shape index (κ3) is 3.76. The van der Waals surface area contributed by atoms with Gasteiger partial charge < -0.3 is 15.0 Å². The molecule has 0 aromatic rings. The predicted molar refractivity (Wildman–Crippen MR) is 80.7 cm³/mol. The molecule has 2 heterocycles. The van der Waals surface area contributed by atoms with Crippen LogP contribution in [-0.2, 0) is 14.3 Å². The van der Waals surface area contributed by atoms with Crippen LogP contribution in [0.2, 0.25) is 0 Å². The number of nitrogens with zero attached hydrogens (tertiary/aromatic N) is 1. The summed E-state index contributed by atoms with van der Waals surface area (Å²) in [6, 6.07) is -0.495. The summed E-state index contributed by atoms with van der Waals surface area (Å²) in [5, 5.41) is 2.86. The molecule has 2 aliphatic rings. The lowest BCUT2D eigenvalue weighted by Crippen LogP contribution is -2.51. The van der Waals surface area contributed by atoms with Crippen molar-refractivity contribution in [3.63, 3.8) is 0 Å². The summed E-state index contributed by atoms with van der Waals surface area (Å²) < 4.78 is 6.01. The first-order chi connectivity index (χ1) is 9.69. The summed E-state index contributed by atoms with van der Waals surface area (Å²) in [7, 11) is 0. The van der Waals surface area contributed by atoms with Gasteiger partial charge in [0.1, 0.15) is 6.04 Å². The van der Waals surface area contributed by atoms with E-state index in [1.807, 2.05) is 25.7 Å². The largest absolute Gasteiger partial charge is 0.371 e. The van der Waals surface area contributed by atoms with E-state index in [0.29, 0.717) is 13.0 Å².